The zero-order valence-corrected chi connectivity index (χ0v) is 11.0. The van der Waals surface area contributed by atoms with Crippen LogP contribution in [-0.2, 0) is 6.54 Å². The van der Waals surface area contributed by atoms with Gasteiger partial charge in [-0.05, 0) is 25.1 Å². The van der Waals surface area contributed by atoms with E-state index in [1.807, 2.05) is 42.1 Å². The minimum Gasteiger partial charge on any atom is -0.488 e. The third-order valence-electron chi connectivity index (χ3n) is 2.46. The molecule has 0 radical (unpaired) electrons. The maximum Gasteiger partial charge on any atom is 0.157 e. The van der Waals surface area contributed by atoms with Gasteiger partial charge in [0.1, 0.15) is 6.61 Å². The predicted octanol–water partition coefficient (Wildman–Crippen LogP) is 3.05. The first-order valence-electron chi connectivity index (χ1n) is 5.92. The Morgan fingerprint density at radius 3 is 3.06 bits per heavy atom. The normalized spacial score (nSPS) is 10.3. The van der Waals surface area contributed by atoms with Crippen LogP contribution < -0.4 is 10.1 Å². The summed E-state index contributed by atoms with van der Waals surface area (Å²) in [6.07, 6.45) is 3.61. The summed E-state index contributed by atoms with van der Waals surface area (Å²) >= 11 is 5.89. The van der Waals surface area contributed by atoms with Crippen LogP contribution in [0.1, 0.15) is 6.92 Å². The van der Waals surface area contributed by atoms with Crippen LogP contribution in [0.4, 0.5) is 5.69 Å². The highest BCUT2D eigenvalue weighted by atomic mass is 35.5. The average molecular weight is 266 g/mol. The number of hydrogen-bond donors (Lipinski definition) is 1. The summed E-state index contributed by atoms with van der Waals surface area (Å²) in [5, 5.41) is 8.10. The zero-order chi connectivity index (χ0) is 12.8. The van der Waals surface area contributed by atoms with Crippen LogP contribution in [0, 0.1) is 0 Å². The van der Waals surface area contributed by atoms with E-state index in [0.29, 0.717) is 6.61 Å². The standard InChI is InChI=1S/C13H16ClN3O/c1-2-17-10-13(9-16-17)18-7-6-15-12-5-3-4-11(14)8-12/h3-5,8-10,15H,2,6-7H2,1H3. The zero-order valence-electron chi connectivity index (χ0n) is 10.3. The summed E-state index contributed by atoms with van der Waals surface area (Å²) in [5.74, 6) is 0.796. The van der Waals surface area contributed by atoms with Crippen LogP contribution in [0.15, 0.2) is 36.7 Å². The van der Waals surface area contributed by atoms with E-state index >= 15 is 0 Å². The van der Waals surface area contributed by atoms with Gasteiger partial charge in [0, 0.05) is 23.8 Å². The van der Waals surface area contributed by atoms with Gasteiger partial charge < -0.3 is 10.1 Å². The number of nitrogens with zero attached hydrogens (tertiary/aromatic N) is 2. The molecule has 0 fully saturated rings. The van der Waals surface area contributed by atoms with Crippen molar-refractivity contribution in [3.05, 3.63) is 41.7 Å². The Labute approximate surface area is 112 Å². The van der Waals surface area contributed by atoms with E-state index in [0.717, 1.165) is 29.5 Å². The van der Waals surface area contributed by atoms with Crippen molar-refractivity contribution in [2.24, 2.45) is 0 Å². The fourth-order valence-corrected chi connectivity index (χ4v) is 1.75. The first kappa shape index (κ1) is 12.8. The molecule has 0 saturated heterocycles. The van der Waals surface area contributed by atoms with Crippen molar-refractivity contribution in [3.63, 3.8) is 0 Å². The smallest absolute Gasteiger partial charge is 0.157 e. The summed E-state index contributed by atoms with van der Waals surface area (Å²) in [5.41, 5.74) is 0.996. The second-order valence-corrected chi connectivity index (χ2v) is 4.25. The molecule has 0 aliphatic carbocycles. The molecule has 0 atom stereocenters. The van der Waals surface area contributed by atoms with Crippen LogP contribution in [0.3, 0.4) is 0 Å². The lowest BCUT2D eigenvalue weighted by atomic mass is 10.3. The van der Waals surface area contributed by atoms with Crippen LogP contribution in [0.2, 0.25) is 5.02 Å². The average Bonchev–Trinajstić information content (AvgIpc) is 2.83. The van der Waals surface area contributed by atoms with Gasteiger partial charge in [0.15, 0.2) is 5.75 Å². The quantitative estimate of drug-likeness (QED) is 0.816. The number of benzene rings is 1. The van der Waals surface area contributed by atoms with E-state index in [1.54, 1.807) is 6.20 Å². The van der Waals surface area contributed by atoms with E-state index in [4.69, 9.17) is 16.3 Å². The summed E-state index contributed by atoms with van der Waals surface area (Å²) in [6, 6.07) is 7.62. The van der Waals surface area contributed by atoms with Crippen molar-refractivity contribution < 1.29 is 4.74 Å². The number of hydrogen-bond acceptors (Lipinski definition) is 3. The van der Waals surface area contributed by atoms with Crippen LogP contribution in [0.5, 0.6) is 5.75 Å². The van der Waals surface area contributed by atoms with E-state index in [1.165, 1.54) is 0 Å². The molecule has 18 heavy (non-hydrogen) atoms. The summed E-state index contributed by atoms with van der Waals surface area (Å²) in [6.45, 7) is 4.20. The maximum absolute atomic E-state index is 5.89. The highest BCUT2D eigenvalue weighted by molar-refractivity contribution is 6.30. The molecule has 0 unspecified atom stereocenters. The van der Waals surface area contributed by atoms with Crippen LogP contribution in [-0.4, -0.2) is 22.9 Å². The lowest BCUT2D eigenvalue weighted by Gasteiger charge is -2.07. The van der Waals surface area contributed by atoms with Crippen molar-refractivity contribution in [2.45, 2.75) is 13.5 Å². The molecule has 96 valence electrons. The second-order valence-electron chi connectivity index (χ2n) is 3.82. The minimum atomic E-state index is 0.585. The molecule has 0 saturated carbocycles. The van der Waals surface area contributed by atoms with E-state index in [9.17, 15) is 0 Å². The number of nitrogens with one attached hydrogen (secondary N) is 1. The Hall–Kier alpha value is -1.68. The molecule has 0 bridgehead atoms. The number of aryl methyl sites for hydroxylation is 1. The molecule has 0 aliphatic rings. The fraction of sp³-hybridized carbons (Fsp3) is 0.308. The van der Waals surface area contributed by atoms with Gasteiger partial charge >= 0.3 is 0 Å². The fourth-order valence-electron chi connectivity index (χ4n) is 1.55. The number of halogens is 1. The number of rotatable bonds is 6. The summed E-state index contributed by atoms with van der Waals surface area (Å²) in [7, 11) is 0. The highest BCUT2D eigenvalue weighted by Crippen LogP contribution is 2.14. The monoisotopic (exact) mass is 265 g/mol. The van der Waals surface area contributed by atoms with Crippen molar-refractivity contribution in [2.75, 3.05) is 18.5 Å². The Bertz CT molecular complexity index is 498. The molecule has 1 aromatic carbocycles. The Kier molecular flexibility index (Phi) is 4.47. The predicted molar refractivity (Wildman–Crippen MR) is 73.3 cm³/mol. The molecular formula is C13H16ClN3O. The largest absolute Gasteiger partial charge is 0.488 e. The van der Waals surface area contributed by atoms with Gasteiger partial charge in [-0.3, -0.25) is 4.68 Å². The third-order valence-corrected chi connectivity index (χ3v) is 2.69. The van der Waals surface area contributed by atoms with Gasteiger partial charge in [-0.25, -0.2) is 0 Å². The Morgan fingerprint density at radius 2 is 2.33 bits per heavy atom. The summed E-state index contributed by atoms with van der Waals surface area (Å²) in [4.78, 5) is 0. The van der Waals surface area contributed by atoms with Crippen LogP contribution >= 0.6 is 11.6 Å². The Morgan fingerprint density at radius 1 is 1.44 bits per heavy atom. The van der Waals surface area contributed by atoms with Crippen LogP contribution in [0.25, 0.3) is 0 Å². The van der Waals surface area contributed by atoms with Gasteiger partial charge in [-0.2, -0.15) is 5.10 Å². The van der Waals surface area contributed by atoms with E-state index in [2.05, 4.69) is 10.4 Å². The molecular weight excluding hydrogens is 250 g/mol. The molecule has 0 aliphatic heterocycles. The molecule has 2 aromatic rings. The number of anilines is 1. The van der Waals surface area contributed by atoms with Gasteiger partial charge in [-0.15, -0.1) is 0 Å². The first-order chi connectivity index (χ1) is 8.78. The van der Waals surface area contributed by atoms with Gasteiger partial charge in [0.05, 0.1) is 12.4 Å². The number of aromatic nitrogens is 2. The SMILES string of the molecule is CCn1cc(OCCNc2cccc(Cl)c2)cn1. The maximum atomic E-state index is 5.89. The topological polar surface area (TPSA) is 39.1 Å². The molecule has 5 heteroatoms. The molecule has 4 nitrogen and oxygen atoms in total. The van der Waals surface area contributed by atoms with Crippen molar-refractivity contribution in [1.29, 1.82) is 0 Å². The molecule has 2 rings (SSSR count). The van der Waals surface area contributed by atoms with Gasteiger partial charge in [0.25, 0.3) is 0 Å². The third kappa shape index (κ3) is 3.67. The van der Waals surface area contributed by atoms with Gasteiger partial charge in [0.2, 0.25) is 0 Å². The number of ether oxygens (including phenoxy) is 1. The molecule has 0 amide bonds. The van der Waals surface area contributed by atoms with Crippen molar-refractivity contribution in [3.8, 4) is 5.75 Å². The lowest BCUT2D eigenvalue weighted by molar-refractivity contribution is 0.332. The lowest BCUT2D eigenvalue weighted by Crippen LogP contribution is -2.11. The molecule has 1 heterocycles. The van der Waals surface area contributed by atoms with E-state index in [-0.39, 0.29) is 0 Å². The van der Waals surface area contributed by atoms with Crippen molar-refractivity contribution in [1.82, 2.24) is 9.78 Å². The van der Waals surface area contributed by atoms with Crippen molar-refractivity contribution >= 4 is 17.3 Å². The molecule has 1 N–H and O–H groups in total. The minimum absolute atomic E-state index is 0.585. The molecule has 0 spiro atoms. The van der Waals surface area contributed by atoms with E-state index < -0.39 is 0 Å². The highest BCUT2D eigenvalue weighted by Gasteiger charge is 1.98. The Balaban J connectivity index is 1.72. The van der Waals surface area contributed by atoms with Gasteiger partial charge in [-0.1, -0.05) is 17.7 Å². The molecule has 1 aromatic heterocycles. The first-order valence-corrected chi connectivity index (χ1v) is 6.30. The summed E-state index contributed by atoms with van der Waals surface area (Å²) < 4.78 is 7.39. The second kappa shape index (κ2) is 6.31.